The molecular formula is C18H20F2N2O6S2. The van der Waals surface area contributed by atoms with Crippen LogP contribution in [0.3, 0.4) is 0 Å². The van der Waals surface area contributed by atoms with Crippen molar-refractivity contribution in [3.63, 3.8) is 0 Å². The molecule has 0 radical (unpaired) electrons. The number of benzene rings is 2. The minimum atomic E-state index is -4.71. The normalized spacial score (nSPS) is 15.7. The molecule has 0 saturated carbocycles. The number of ether oxygens (including phenoxy) is 2. The highest BCUT2D eigenvalue weighted by atomic mass is 32.2. The number of anilines is 1. The summed E-state index contributed by atoms with van der Waals surface area (Å²) in [6.07, 6.45) is 0. The van der Waals surface area contributed by atoms with Crippen molar-refractivity contribution in [2.45, 2.75) is 16.7 Å². The summed E-state index contributed by atoms with van der Waals surface area (Å²) in [6, 6.07) is 6.27. The predicted octanol–water partition coefficient (Wildman–Crippen LogP) is 2.19. The van der Waals surface area contributed by atoms with E-state index in [9.17, 15) is 25.6 Å². The lowest BCUT2D eigenvalue weighted by molar-refractivity contribution is 0.0730. The first kappa shape index (κ1) is 22.4. The highest BCUT2D eigenvalue weighted by Gasteiger charge is 2.29. The van der Waals surface area contributed by atoms with Crippen molar-refractivity contribution in [2.24, 2.45) is 0 Å². The number of nitrogens with zero attached hydrogens (tertiary/aromatic N) is 1. The molecule has 1 saturated heterocycles. The Morgan fingerprint density at radius 3 is 2.30 bits per heavy atom. The van der Waals surface area contributed by atoms with Crippen LogP contribution in [0.2, 0.25) is 0 Å². The molecule has 0 amide bonds. The molecule has 2 aromatic rings. The first-order valence-corrected chi connectivity index (χ1v) is 11.9. The van der Waals surface area contributed by atoms with E-state index in [0.717, 1.165) is 24.3 Å². The average molecular weight is 462 g/mol. The third-order valence-electron chi connectivity index (χ3n) is 4.29. The van der Waals surface area contributed by atoms with E-state index in [0.29, 0.717) is 0 Å². The monoisotopic (exact) mass is 462 g/mol. The van der Waals surface area contributed by atoms with Crippen molar-refractivity contribution in [1.82, 2.24) is 4.31 Å². The minimum Gasteiger partial charge on any atom is -0.492 e. The van der Waals surface area contributed by atoms with Gasteiger partial charge in [-0.15, -0.1) is 0 Å². The van der Waals surface area contributed by atoms with Crippen LogP contribution in [0.4, 0.5) is 14.5 Å². The number of nitrogens with one attached hydrogen (secondary N) is 1. The third-order valence-corrected chi connectivity index (χ3v) is 7.60. The van der Waals surface area contributed by atoms with Gasteiger partial charge in [0.15, 0.2) is 4.90 Å². The molecule has 1 fully saturated rings. The largest absolute Gasteiger partial charge is 0.492 e. The maximum atomic E-state index is 14.0. The predicted molar refractivity (Wildman–Crippen MR) is 104 cm³/mol. The van der Waals surface area contributed by atoms with Crippen molar-refractivity contribution >= 4 is 25.7 Å². The van der Waals surface area contributed by atoms with E-state index in [-0.39, 0.29) is 49.2 Å². The molecule has 2 aromatic carbocycles. The van der Waals surface area contributed by atoms with E-state index in [4.69, 9.17) is 9.47 Å². The van der Waals surface area contributed by atoms with Crippen LogP contribution < -0.4 is 9.46 Å². The summed E-state index contributed by atoms with van der Waals surface area (Å²) < 4.78 is 92.8. The molecule has 1 aliphatic rings. The van der Waals surface area contributed by atoms with Gasteiger partial charge in [0.05, 0.1) is 30.4 Å². The molecule has 12 heteroatoms. The first-order valence-electron chi connectivity index (χ1n) is 8.98. The van der Waals surface area contributed by atoms with Crippen LogP contribution in [-0.4, -0.2) is 54.1 Å². The highest BCUT2D eigenvalue weighted by molar-refractivity contribution is 7.92. The Kier molecular flexibility index (Phi) is 6.60. The fraction of sp³-hybridized carbons (Fsp3) is 0.333. The molecule has 0 atom stereocenters. The molecule has 164 valence electrons. The van der Waals surface area contributed by atoms with E-state index in [1.807, 2.05) is 4.72 Å². The van der Waals surface area contributed by atoms with Gasteiger partial charge in [0.25, 0.3) is 10.0 Å². The van der Waals surface area contributed by atoms with Gasteiger partial charge >= 0.3 is 0 Å². The molecule has 0 unspecified atom stereocenters. The van der Waals surface area contributed by atoms with E-state index in [2.05, 4.69) is 0 Å². The van der Waals surface area contributed by atoms with Crippen LogP contribution in [-0.2, 0) is 24.8 Å². The Labute approximate surface area is 173 Å². The Bertz CT molecular complexity index is 1110. The van der Waals surface area contributed by atoms with Gasteiger partial charge in [0.1, 0.15) is 17.4 Å². The fourth-order valence-electron chi connectivity index (χ4n) is 2.90. The quantitative estimate of drug-likeness (QED) is 0.677. The van der Waals surface area contributed by atoms with Crippen LogP contribution in [0.25, 0.3) is 0 Å². The maximum absolute atomic E-state index is 14.0. The minimum absolute atomic E-state index is 0.0127. The van der Waals surface area contributed by atoms with Crippen LogP contribution in [0.1, 0.15) is 6.92 Å². The van der Waals surface area contributed by atoms with Crippen molar-refractivity contribution in [3.8, 4) is 5.75 Å². The topological polar surface area (TPSA) is 102 Å². The molecule has 0 bridgehead atoms. The molecule has 1 aliphatic heterocycles. The maximum Gasteiger partial charge on any atom is 0.267 e. The van der Waals surface area contributed by atoms with E-state index in [1.165, 1.54) is 16.4 Å². The molecule has 0 aliphatic carbocycles. The molecule has 1 heterocycles. The van der Waals surface area contributed by atoms with E-state index >= 15 is 0 Å². The van der Waals surface area contributed by atoms with Crippen LogP contribution >= 0.6 is 0 Å². The Balaban J connectivity index is 2.03. The lowest BCUT2D eigenvalue weighted by Gasteiger charge is -2.26. The number of rotatable bonds is 7. The van der Waals surface area contributed by atoms with Crippen molar-refractivity contribution in [2.75, 3.05) is 37.6 Å². The van der Waals surface area contributed by atoms with Crippen LogP contribution in [0.15, 0.2) is 46.2 Å². The van der Waals surface area contributed by atoms with Gasteiger partial charge in [-0.1, -0.05) is 6.07 Å². The summed E-state index contributed by atoms with van der Waals surface area (Å²) >= 11 is 0. The van der Waals surface area contributed by atoms with Gasteiger partial charge in [-0.05, 0) is 37.3 Å². The molecule has 1 N–H and O–H groups in total. The van der Waals surface area contributed by atoms with E-state index < -0.39 is 36.6 Å². The summed E-state index contributed by atoms with van der Waals surface area (Å²) in [4.78, 5) is -1.37. The number of halogens is 2. The fourth-order valence-corrected chi connectivity index (χ4v) is 5.54. The number of hydrogen-bond acceptors (Lipinski definition) is 6. The number of sulfonamides is 2. The SMILES string of the molecule is CCOc1ccc(S(=O)(=O)N2CCOCC2)cc1NS(=O)(=O)c1c(F)cccc1F. The number of hydrogen-bond donors (Lipinski definition) is 1. The zero-order valence-electron chi connectivity index (χ0n) is 16.0. The second-order valence-corrected chi connectivity index (χ2v) is 9.82. The molecule has 0 aromatic heterocycles. The van der Waals surface area contributed by atoms with Gasteiger partial charge in [0, 0.05) is 13.1 Å². The van der Waals surface area contributed by atoms with Gasteiger partial charge in [-0.25, -0.2) is 25.6 Å². The van der Waals surface area contributed by atoms with Gasteiger partial charge in [0.2, 0.25) is 10.0 Å². The van der Waals surface area contributed by atoms with Crippen molar-refractivity contribution in [1.29, 1.82) is 0 Å². The van der Waals surface area contributed by atoms with Gasteiger partial charge in [-0.2, -0.15) is 4.31 Å². The van der Waals surface area contributed by atoms with Gasteiger partial charge in [-0.3, -0.25) is 4.72 Å². The Hall–Kier alpha value is -2.28. The number of morpholine rings is 1. The van der Waals surface area contributed by atoms with Crippen LogP contribution in [0, 0.1) is 11.6 Å². The molecule has 0 spiro atoms. The standard InChI is InChI=1S/C18H20F2N2O6S2/c1-2-28-17-7-6-13(30(25,26)22-8-10-27-11-9-22)12-16(17)21-29(23,24)18-14(19)4-3-5-15(18)20/h3-7,12,21H,2,8-11H2,1H3. The zero-order chi connectivity index (χ0) is 21.9. The Morgan fingerprint density at radius 2 is 1.70 bits per heavy atom. The van der Waals surface area contributed by atoms with Gasteiger partial charge < -0.3 is 9.47 Å². The van der Waals surface area contributed by atoms with E-state index in [1.54, 1.807) is 6.92 Å². The summed E-state index contributed by atoms with van der Waals surface area (Å²) in [6.45, 7) is 2.57. The smallest absolute Gasteiger partial charge is 0.267 e. The molecule has 8 nitrogen and oxygen atoms in total. The lowest BCUT2D eigenvalue weighted by atomic mass is 10.3. The second kappa shape index (κ2) is 8.84. The summed E-state index contributed by atoms with van der Waals surface area (Å²) in [5.74, 6) is -2.55. The summed E-state index contributed by atoms with van der Waals surface area (Å²) in [7, 11) is -8.65. The van der Waals surface area contributed by atoms with Crippen LogP contribution in [0.5, 0.6) is 5.75 Å². The lowest BCUT2D eigenvalue weighted by Crippen LogP contribution is -2.40. The average Bonchev–Trinajstić information content (AvgIpc) is 2.69. The third kappa shape index (κ3) is 4.56. The molecular weight excluding hydrogens is 442 g/mol. The van der Waals surface area contributed by atoms with Crippen molar-refractivity contribution in [3.05, 3.63) is 48.0 Å². The zero-order valence-corrected chi connectivity index (χ0v) is 17.6. The summed E-state index contributed by atoms with van der Waals surface area (Å²) in [5.41, 5.74) is -0.256. The first-order chi connectivity index (χ1) is 14.2. The summed E-state index contributed by atoms with van der Waals surface area (Å²) in [5, 5.41) is 0. The Morgan fingerprint density at radius 1 is 1.07 bits per heavy atom. The molecule has 3 rings (SSSR count). The second-order valence-electron chi connectivity index (χ2n) is 6.26. The van der Waals surface area contributed by atoms with Crippen molar-refractivity contribution < 1.29 is 35.1 Å². The highest BCUT2D eigenvalue weighted by Crippen LogP contribution is 2.32. The molecule has 30 heavy (non-hydrogen) atoms.